The van der Waals surface area contributed by atoms with E-state index in [2.05, 4.69) is 36.6 Å². The molecule has 2 heteroatoms. The molecule has 0 amide bonds. The van der Waals surface area contributed by atoms with Crippen molar-refractivity contribution in [1.29, 1.82) is 0 Å². The van der Waals surface area contributed by atoms with Crippen molar-refractivity contribution in [2.45, 2.75) is 33.1 Å². The van der Waals surface area contributed by atoms with E-state index in [-0.39, 0.29) is 0 Å². The monoisotopic (exact) mass is 220 g/mol. The number of hydrogen-bond donors (Lipinski definition) is 2. The van der Waals surface area contributed by atoms with Gasteiger partial charge in [0.2, 0.25) is 0 Å². The third-order valence-electron chi connectivity index (χ3n) is 3.72. The highest BCUT2D eigenvalue weighted by molar-refractivity contribution is 5.35. The normalized spacial score (nSPS) is 28.1. The summed E-state index contributed by atoms with van der Waals surface area (Å²) in [5.41, 5.74) is 3.09. The van der Waals surface area contributed by atoms with Gasteiger partial charge in [0, 0.05) is 18.2 Å². The largest absolute Gasteiger partial charge is 0.388 e. The Hall–Kier alpha value is -0.760. The molecule has 0 spiro atoms. The summed E-state index contributed by atoms with van der Waals surface area (Å²) in [6.45, 7) is 7.99. The van der Waals surface area contributed by atoms with Gasteiger partial charge in [-0.2, -0.15) is 0 Å². The van der Waals surface area contributed by atoms with E-state index in [1.54, 1.807) is 5.57 Å². The minimum absolute atomic E-state index is 0.688. The average molecular weight is 220 g/mol. The maximum atomic E-state index is 3.58. The highest BCUT2D eigenvalue weighted by atomic mass is 14.9. The fourth-order valence-electron chi connectivity index (χ4n) is 2.75. The van der Waals surface area contributed by atoms with Crippen molar-refractivity contribution in [3.8, 4) is 0 Å². The van der Waals surface area contributed by atoms with Gasteiger partial charge in [-0.3, -0.25) is 0 Å². The second-order valence-electron chi connectivity index (χ2n) is 4.98. The Kier molecular flexibility index (Phi) is 4.05. The summed E-state index contributed by atoms with van der Waals surface area (Å²) in [5.74, 6) is 1.40. The van der Waals surface area contributed by atoms with Crippen LogP contribution >= 0.6 is 0 Å². The molecular formula is C14H24N2. The van der Waals surface area contributed by atoms with E-state index in [9.17, 15) is 0 Å². The Labute approximate surface area is 99.2 Å². The van der Waals surface area contributed by atoms with Gasteiger partial charge in [0.1, 0.15) is 0 Å². The molecule has 1 heterocycles. The van der Waals surface area contributed by atoms with Gasteiger partial charge in [-0.05, 0) is 43.8 Å². The first-order valence-corrected chi connectivity index (χ1v) is 6.68. The smallest absolute Gasteiger partial charge is 0.0185 e. The van der Waals surface area contributed by atoms with Crippen LogP contribution in [0.1, 0.15) is 33.1 Å². The lowest BCUT2D eigenvalue weighted by molar-refractivity contribution is 0.416. The van der Waals surface area contributed by atoms with Crippen molar-refractivity contribution in [3.05, 3.63) is 23.4 Å². The Morgan fingerprint density at radius 2 is 2.31 bits per heavy atom. The van der Waals surface area contributed by atoms with Crippen molar-refractivity contribution >= 4 is 0 Å². The highest BCUT2D eigenvalue weighted by Crippen LogP contribution is 2.34. The van der Waals surface area contributed by atoms with Crippen LogP contribution in [0.3, 0.4) is 0 Å². The van der Waals surface area contributed by atoms with Gasteiger partial charge >= 0.3 is 0 Å². The average Bonchev–Trinajstić information content (AvgIpc) is 2.75. The molecule has 1 aliphatic carbocycles. The Morgan fingerprint density at radius 1 is 1.44 bits per heavy atom. The van der Waals surface area contributed by atoms with Gasteiger partial charge in [0.15, 0.2) is 0 Å². The molecule has 0 saturated heterocycles. The molecule has 0 aromatic carbocycles. The maximum absolute atomic E-state index is 3.58. The Bertz CT molecular complexity index is 291. The predicted molar refractivity (Wildman–Crippen MR) is 69.2 cm³/mol. The molecule has 0 aromatic rings. The van der Waals surface area contributed by atoms with Crippen molar-refractivity contribution in [2.75, 3.05) is 19.6 Å². The standard InChI is InChI=1S/C14H24N2/c1-3-8-15-9-7-13-11(2)4-5-12-6-10-16-14(12)13/h4-5,11,13,15-16H,3,6-10H2,1-2H3. The Morgan fingerprint density at radius 3 is 3.12 bits per heavy atom. The summed E-state index contributed by atoms with van der Waals surface area (Å²) in [6.07, 6.45) is 8.42. The van der Waals surface area contributed by atoms with Crippen LogP contribution in [0.25, 0.3) is 0 Å². The van der Waals surface area contributed by atoms with Gasteiger partial charge < -0.3 is 10.6 Å². The molecule has 2 unspecified atom stereocenters. The number of hydrogen-bond acceptors (Lipinski definition) is 2. The van der Waals surface area contributed by atoms with Crippen LogP contribution in [-0.4, -0.2) is 19.6 Å². The van der Waals surface area contributed by atoms with Crippen molar-refractivity contribution in [1.82, 2.24) is 10.6 Å². The van der Waals surface area contributed by atoms with E-state index in [0.717, 1.165) is 19.6 Å². The SMILES string of the molecule is CCCNCCC1C2=C(C=CC1C)CCN2. The Balaban J connectivity index is 1.89. The number of rotatable bonds is 5. The fraction of sp³-hybridized carbons (Fsp3) is 0.714. The summed E-state index contributed by atoms with van der Waals surface area (Å²) >= 11 is 0. The molecule has 2 rings (SSSR count). The van der Waals surface area contributed by atoms with Crippen LogP contribution in [0, 0.1) is 11.8 Å². The maximum Gasteiger partial charge on any atom is 0.0185 e. The molecule has 2 atom stereocenters. The zero-order chi connectivity index (χ0) is 11.4. The predicted octanol–water partition coefficient (Wildman–Crippen LogP) is 2.45. The second-order valence-corrected chi connectivity index (χ2v) is 4.98. The van der Waals surface area contributed by atoms with Crippen LogP contribution in [0.4, 0.5) is 0 Å². The van der Waals surface area contributed by atoms with E-state index in [0.29, 0.717) is 11.8 Å². The molecule has 2 N–H and O–H groups in total. The van der Waals surface area contributed by atoms with Gasteiger partial charge in [-0.25, -0.2) is 0 Å². The van der Waals surface area contributed by atoms with E-state index < -0.39 is 0 Å². The zero-order valence-electron chi connectivity index (χ0n) is 10.6. The molecule has 0 radical (unpaired) electrons. The third-order valence-corrected chi connectivity index (χ3v) is 3.72. The van der Waals surface area contributed by atoms with Gasteiger partial charge in [0.05, 0.1) is 0 Å². The minimum Gasteiger partial charge on any atom is -0.388 e. The third kappa shape index (κ3) is 2.49. The number of allylic oxidation sites excluding steroid dienone is 3. The van der Waals surface area contributed by atoms with Gasteiger partial charge in [0.25, 0.3) is 0 Å². The molecule has 90 valence electrons. The summed E-state index contributed by atoms with van der Waals surface area (Å²) in [4.78, 5) is 0. The topological polar surface area (TPSA) is 24.1 Å². The number of nitrogens with one attached hydrogen (secondary N) is 2. The molecule has 0 fully saturated rings. The molecule has 0 bridgehead atoms. The van der Waals surface area contributed by atoms with Crippen LogP contribution in [0.15, 0.2) is 23.4 Å². The fourth-order valence-corrected chi connectivity index (χ4v) is 2.75. The zero-order valence-corrected chi connectivity index (χ0v) is 10.6. The minimum atomic E-state index is 0.688. The molecule has 1 aliphatic heterocycles. The second kappa shape index (κ2) is 5.53. The quantitative estimate of drug-likeness (QED) is 0.695. The van der Waals surface area contributed by atoms with E-state index >= 15 is 0 Å². The summed E-state index contributed by atoms with van der Waals surface area (Å²) in [6, 6.07) is 0. The summed E-state index contributed by atoms with van der Waals surface area (Å²) in [7, 11) is 0. The lowest BCUT2D eigenvalue weighted by Gasteiger charge is -2.27. The first-order valence-electron chi connectivity index (χ1n) is 6.68. The van der Waals surface area contributed by atoms with Crippen molar-refractivity contribution in [2.24, 2.45) is 11.8 Å². The van der Waals surface area contributed by atoms with E-state index in [1.807, 2.05) is 0 Å². The summed E-state index contributed by atoms with van der Waals surface area (Å²) in [5, 5.41) is 7.09. The van der Waals surface area contributed by atoms with E-state index in [1.165, 1.54) is 25.0 Å². The van der Waals surface area contributed by atoms with Crippen molar-refractivity contribution in [3.63, 3.8) is 0 Å². The highest BCUT2D eigenvalue weighted by Gasteiger charge is 2.27. The van der Waals surface area contributed by atoms with Gasteiger partial charge in [-0.1, -0.05) is 26.0 Å². The van der Waals surface area contributed by atoms with E-state index in [4.69, 9.17) is 0 Å². The summed E-state index contributed by atoms with van der Waals surface area (Å²) < 4.78 is 0. The van der Waals surface area contributed by atoms with Crippen LogP contribution in [0.5, 0.6) is 0 Å². The van der Waals surface area contributed by atoms with Gasteiger partial charge in [-0.15, -0.1) is 0 Å². The molecule has 0 aromatic heterocycles. The van der Waals surface area contributed by atoms with Crippen LogP contribution in [-0.2, 0) is 0 Å². The first-order chi connectivity index (χ1) is 7.83. The lowest BCUT2D eigenvalue weighted by Crippen LogP contribution is -2.27. The van der Waals surface area contributed by atoms with Crippen LogP contribution in [0.2, 0.25) is 0 Å². The lowest BCUT2D eigenvalue weighted by atomic mass is 9.82. The molecule has 2 nitrogen and oxygen atoms in total. The molecule has 0 saturated carbocycles. The molecular weight excluding hydrogens is 196 g/mol. The van der Waals surface area contributed by atoms with Crippen LogP contribution < -0.4 is 10.6 Å². The first kappa shape index (κ1) is 11.7. The molecule has 16 heavy (non-hydrogen) atoms. The van der Waals surface area contributed by atoms with Crippen molar-refractivity contribution < 1.29 is 0 Å². The molecule has 2 aliphatic rings.